The van der Waals surface area contributed by atoms with Crippen LogP contribution >= 0.6 is 0 Å². The van der Waals surface area contributed by atoms with E-state index in [4.69, 9.17) is 4.74 Å². The number of hydrogen-bond donors (Lipinski definition) is 0. The first-order chi connectivity index (χ1) is 13.2. The summed E-state index contributed by atoms with van der Waals surface area (Å²) in [6.45, 7) is 2.39. The molecule has 0 aliphatic rings. The molecule has 0 spiro atoms. The van der Waals surface area contributed by atoms with Gasteiger partial charge in [-0.15, -0.1) is 5.10 Å². The van der Waals surface area contributed by atoms with Crippen LogP contribution in [0.1, 0.15) is 17.0 Å². The molecule has 0 N–H and O–H groups in total. The third kappa shape index (κ3) is 3.20. The average Bonchev–Trinajstić information content (AvgIpc) is 3.08. The van der Waals surface area contributed by atoms with Crippen LogP contribution in [0.3, 0.4) is 0 Å². The summed E-state index contributed by atoms with van der Waals surface area (Å²) in [5, 5.41) is 17.4. The van der Waals surface area contributed by atoms with Crippen molar-refractivity contribution in [2.45, 2.75) is 13.5 Å². The van der Waals surface area contributed by atoms with E-state index in [0.29, 0.717) is 17.8 Å². The number of hydrogen-bond acceptors (Lipinski definition) is 6. The highest BCUT2D eigenvalue weighted by Gasteiger charge is 2.13. The molecular formula is C20H16N6O. The maximum atomic E-state index is 9.38. The molecule has 0 aliphatic carbocycles. The number of benzene rings is 1. The van der Waals surface area contributed by atoms with E-state index in [0.717, 1.165) is 28.1 Å². The van der Waals surface area contributed by atoms with Crippen LogP contribution in [0.2, 0.25) is 0 Å². The third-order valence-electron chi connectivity index (χ3n) is 4.28. The summed E-state index contributed by atoms with van der Waals surface area (Å²) in [7, 11) is 1.79. The molecule has 0 bridgehead atoms. The molecule has 0 aliphatic heterocycles. The van der Waals surface area contributed by atoms with Crippen LogP contribution in [0, 0.1) is 18.3 Å². The van der Waals surface area contributed by atoms with Crippen molar-refractivity contribution in [2.75, 3.05) is 0 Å². The van der Waals surface area contributed by atoms with E-state index in [1.807, 2.05) is 49.4 Å². The summed E-state index contributed by atoms with van der Waals surface area (Å²) in [5.74, 6) is 0.785. The molecule has 7 nitrogen and oxygen atoms in total. The van der Waals surface area contributed by atoms with Gasteiger partial charge in [0.05, 0.1) is 16.9 Å². The minimum Gasteiger partial charge on any atom is -0.487 e. The maximum absolute atomic E-state index is 9.38. The van der Waals surface area contributed by atoms with Crippen molar-refractivity contribution >= 4 is 11.0 Å². The SMILES string of the molecule is Cc1cc(-c2cc3c(nnn3C)c(C#N)n2)ccc1OCc1ccccn1. The van der Waals surface area contributed by atoms with E-state index in [2.05, 4.69) is 26.3 Å². The van der Waals surface area contributed by atoms with Gasteiger partial charge in [0, 0.05) is 18.8 Å². The smallest absolute Gasteiger partial charge is 0.170 e. The Morgan fingerprint density at radius 3 is 2.81 bits per heavy atom. The molecule has 3 aromatic heterocycles. The summed E-state index contributed by atoms with van der Waals surface area (Å²) < 4.78 is 7.51. The predicted molar refractivity (Wildman–Crippen MR) is 99.8 cm³/mol. The lowest BCUT2D eigenvalue weighted by Crippen LogP contribution is -1.99. The molecule has 7 heteroatoms. The topological polar surface area (TPSA) is 89.5 Å². The van der Waals surface area contributed by atoms with Crippen molar-refractivity contribution in [3.63, 3.8) is 0 Å². The van der Waals surface area contributed by atoms with Gasteiger partial charge >= 0.3 is 0 Å². The molecule has 0 amide bonds. The maximum Gasteiger partial charge on any atom is 0.170 e. The lowest BCUT2D eigenvalue weighted by atomic mass is 10.1. The Morgan fingerprint density at radius 1 is 1.19 bits per heavy atom. The average molecular weight is 356 g/mol. The van der Waals surface area contributed by atoms with Gasteiger partial charge in [0.1, 0.15) is 23.9 Å². The zero-order valence-corrected chi connectivity index (χ0v) is 14.9. The van der Waals surface area contributed by atoms with Crippen LogP contribution in [0.5, 0.6) is 5.75 Å². The second-order valence-corrected chi connectivity index (χ2v) is 6.14. The van der Waals surface area contributed by atoms with Crippen molar-refractivity contribution in [3.05, 3.63) is 65.6 Å². The van der Waals surface area contributed by atoms with Crippen LogP contribution in [-0.4, -0.2) is 25.0 Å². The minimum atomic E-state index is 0.267. The van der Waals surface area contributed by atoms with E-state index in [1.54, 1.807) is 17.9 Å². The second-order valence-electron chi connectivity index (χ2n) is 6.14. The molecule has 0 saturated carbocycles. The Bertz CT molecular complexity index is 1160. The van der Waals surface area contributed by atoms with E-state index < -0.39 is 0 Å². The predicted octanol–water partition coefficient (Wildman–Crippen LogP) is 3.18. The number of nitriles is 1. The lowest BCUT2D eigenvalue weighted by Gasteiger charge is -2.11. The molecule has 0 atom stereocenters. The molecule has 4 aromatic rings. The van der Waals surface area contributed by atoms with E-state index in [9.17, 15) is 5.26 Å². The monoisotopic (exact) mass is 356 g/mol. The second kappa shape index (κ2) is 6.84. The van der Waals surface area contributed by atoms with Gasteiger partial charge in [0.15, 0.2) is 5.69 Å². The number of pyridine rings is 2. The summed E-state index contributed by atoms with van der Waals surface area (Å²) >= 11 is 0. The van der Waals surface area contributed by atoms with Gasteiger partial charge in [-0.25, -0.2) is 9.67 Å². The van der Waals surface area contributed by atoms with Crippen LogP contribution in [0.15, 0.2) is 48.7 Å². The largest absolute Gasteiger partial charge is 0.487 e. The summed E-state index contributed by atoms with van der Waals surface area (Å²) in [6.07, 6.45) is 1.75. The summed E-state index contributed by atoms with van der Waals surface area (Å²) in [5.41, 5.74) is 4.99. The fraction of sp³-hybridized carbons (Fsp3) is 0.150. The van der Waals surface area contributed by atoms with Crippen LogP contribution in [-0.2, 0) is 13.7 Å². The molecule has 27 heavy (non-hydrogen) atoms. The molecule has 0 radical (unpaired) electrons. The molecule has 132 valence electrons. The van der Waals surface area contributed by atoms with E-state index in [1.165, 1.54) is 0 Å². The van der Waals surface area contributed by atoms with Gasteiger partial charge in [-0.3, -0.25) is 4.98 Å². The molecule has 4 rings (SSSR count). The Labute approximate surface area is 155 Å². The highest BCUT2D eigenvalue weighted by molar-refractivity contribution is 5.83. The van der Waals surface area contributed by atoms with Gasteiger partial charge < -0.3 is 4.74 Å². The number of nitrogens with zero attached hydrogens (tertiary/aromatic N) is 6. The van der Waals surface area contributed by atoms with E-state index >= 15 is 0 Å². The van der Waals surface area contributed by atoms with Gasteiger partial charge in [-0.1, -0.05) is 11.3 Å². The Morgan fingerprint density at radius 2 is 2.07 bits per heavy atom. The van der Waals surface area contributed by atoms with Crippen molar-refractivity contribution in [1.82, 2.24) is 25.0 Å². The Hall–Kier alpha value is -3.79. The van der Waals surface area contributed by atoms with Gasteiger partial charge in [-0.05, 0) is 48.9 Å². The van der Waals surface area contributed by atoms with E-state index in [-0.39, 0.29) is 5.69 Å². The normalized spacial score (nSPS) is 10.7. The first-order valence-corrected chi connectivity index (χ1v) is 8.40. The number of aromatic nitrogens is 5. The zero-order chi connectivity index (χ0) is 18.8. The Balaban J connectivity index is 1.65. The highest BCUT2D eigenvalue weighted by atomic mass is 16.5. The molecular weight excluding hydrogens is 340 g/mol. The zero-order valence-electron chi connectivity index (χ0n) is 14.9. The van der Waals surface area contributed by atoms with Gasteiger partial charge in [0.2, 0.25) is 0 Å². The van der Waals surface area contributed by atoms with Crippen LogP contribution < -0.4 is 4.74 Å². The molecule has 0 saturated heterocycles. The number of ether oxygens (including phenoxy) is 1. The van der Waals surface area contributed by atoms with Crippen molar-refractivity contribution in [1.29, 1.82) is 5.26 Å². The van der Waals surface area contributed by atoms with Crippen LogP contribution in [0.25, 0.3) is 22.3 Å². The van der Waals surface area contributed by atoms with Crippen molar-refractivity contribution in [3.8, 4) is 23.1 Å². The van der Waals surface area contributed by atoms with Crippen molar-refractivity contribution in [2.24, 2.45) is 7.05 Å². The molecule has 0 unspecified atom stereocenters. The van der Waals surface area contributed by atoms with Crippen molar-refractivity contribution < 1.29 is 4.74 Å². The minimum absolute atomic E-state index is 0.267. The fourth-order valence-corrected chi connectivity index (χ4v) is 2.86. The Kier molecular flexibility index (Phi) is 4.22. The number of rotatable bonds is 4. The fourth-order valence-electron chi connectivity index (χ4n) is 2.86. The molecule has 0 fully saturated rings. The standard InChI is InChI=1S/C20H16N6O/c1-13-9-14(6-7-19(13)27-12-15-5-3-4-8-22-15)16-10-18-20(17(11-21)23-16)24-25-26(18)2/h3-10H,12H2,1-2H3. The molecule has 1 aromatic carbocycles. The lowest BCUT2D eigenvalue weighted by molar-refractivity contribution is 0.299. The first-order valence-electron chi connectivity index (χ1n) is 8.40. The summed E-state index contributed by atoms with van der Waals surface area (Å²) in [6, 6.07) is 15.6. The number of aryl methyl sites for hydroxylation is 2. The third-order valence-corrected chi connectivity index (χ3v) is 4.28. The van der Waals surface area contributed by atoms with Gasteiger partial charge in [0.25, 0.3) is 0 Å². The quantitative estimate of drug-likeness (QED) is 0.558. The van der Waals surface area contributed by atoms with Crippen LogP contribution in [0.4, 0.5) is 0 Å². The van der Waals surface area contributed by atoms with Gasteiger partial charge in [-0.2, -0.15) is 5.26 Å². The first kappa shape index (κ1) is 16.7. The molecule has 3 heterocycles. The summed E-state index contributed by atoms with van der Waals surface area (Å²) in [4.78, 5) is 8.70. The highest BCUT2D eigenvalue weighted by Crippen LogP contribution is 2.28. The number of fused-ring (bicyclic) bond motifs is 1.